The molecule has 1 amide bonds. The molecule has 0 bridgehead atoms. The number of para-hydroxylation sites is 1. The van der Waals surface area contributed by atoms with Crippen LogP contribution in [0, 0.1) is 20.8 Å². The summed E-state index contributed by atoms with van der Waals surface area (Å²) in [4.78, 5) is 11.6. The van der Waals surface area contributed by atoms with E-state index >= 15 is 0 Å². The molecule has 0 spiro atoms. The van der Waals surface area contributed by atoms with Crippen molar-refractivity contribution < 1.29 is 13.2 Å². The van der Waals surface area contributed by atoms with Crippen molar-refractivity contribution in [2.75, 3.05) is 10.1 Å². The highest BCUT2D eigenvalue weighted by molar-refractivity contribution is 7.92. The first kappa shape index (κ1) is 18.0. The van der Waals surface area contributed by atoms with Crippen LogP contribution in [-0.2, 0) is 14.8 Å². The molecule has 0 aliphatic carbocycles. The van der Waals surface area contributed by atoms with Gasteiger partial charge in [-0.3, -0.25) is 14.9 Å². The summed E-state index contributed by atoms with van der Waals surface area (Å²) in [5.41, 5.74) is 6.49. The number of benzene rings is 2. The van der Waals surface area contributed by atoms with E-state index in [1.54, 1.807) is 24.3 Å². The first-order chi connectivity index (χ1) is 12.2. The molecule has 1 heterocycles. The maximum Gasteiger partial charge on any atom is 0.279 e. The number of hydrogen-bond donors (Lipinski definition) is 2. The first-order valence-corrected chi connectivity index (χ1v) is 9.66. The number of amides is 1. The molecule has 0 aliphatic rings. The van der Waals surface area contributed by atoms with Crippen molar-refractivity contribution in [1.82, 2.24) is 4.68 Å². The quantitative estimate of drug-likeness (QED) is 0.737. The van der Waals surface area contributed by atoms with E-state index in [4.69, 9.17) is 0 Å². The van der Waals surface area contributed by atoms with Crippen LogP contribution in [-0.4, -0.2) is 19.0 Å². The van der Waals surface area contributed by atoms with Crippen molar-refractivity contribution in [1.29, 1.82) is 0 Å². The Kier molecular flexibility index (Phi) is 4.50. The number of sulfonamides is 1. The predicted octanol–water partition coefficient (Wildman–Crippen LogP) is 3.46. The minimum absolute atomic E-state index is 0.0201. The molecule has 6 nitrogen and oxygen atoms in total. The van der Waals surface area contributed by atoms with Crippen LogP contribution in [0.25, 0.3) is 10.9 Å². The molecule has 3 rings (SSSR count). The minimum atomic E-state index is -3.91. The topological polar surface area (TPSA) is 80.2 Å². The molecule has 0 aliphatic heterocycles. The predicted molar refractivity (Wildman–Crippen MR) is 103 cm³/mol. The van der Waals surface area contributed by atoms with Crippen LogP contribution in [0.3, 0.4) is 0 Å². The number of hydrogen-bond acceptors (Lipinski definition) is 3. The molecule has 0 fully saturated rings. The Morgan fingerprint density at radius 2 is 1.62 bits per heavy atom. The molecule has 136 valence electrons. The lowest BCUT2D eigenvalue weighted by atomic mass is 10.1. The van der Waals surface area contributed by atoms with E-state index in [0.29, 0.717) is 11.2 Å². The van der Waals surface area contributed by atoms with Gasteiger partial charge in [-0.05, 0) is 44.0 Å². The van der Waals surface area contributed by atoms with Crippen LogP contribution in [0.15, 0.2) is 47.5 Å². The van der Waals surface area contributed by atoms with Crippen molar-refractivity contribution in [3.63, 3.8) is 0 Å². The average molecular weight is 371 g/mol. The summed E-state index contributed by atoms with van der Waals surface area (Å²) in [6.45, 7) is 7.03. The van der Waals surface area contributed by atoms with Gasteiger partial charge in [0.05, 0.1) is 11.2 Å². The van der Waals surface area contributed by atoms with Crippen LogP contribution < -0.4 is 10.1 Å². The largest absolute Gasteiger partial charge is 0.279 e. The molecule has 0 saturated carbocycles. The SMILES string of the molecule is CC(=O)Nn1c(S(=O)(=O)Nc2c(C)cc(C)cc2C)cc2ccccc21. The van der Waals surface area contributed by atoms with Gasteiger partial charge in [-0.2, -0.15) is 8.42 Å². The van der Waals surface area contributed by atoms with E-state index < -0.39 is 10.0 Å². The molecular formula is C19H21N3O3S. The number of carbonyl (C=O) groups is 1. The minimum Gasteiger partial charge on any atom is -0.278 e. The Labute approximate surface area is 152 Å². The second kappa shape index (κ2) is 6.49. The smallest absolute Gasteiger partial charge is 0.278 e. The van der Waals surface area contributed by atoms with Crippen molar-refractivity contribution in [2.24, 2.45) is 0 Å². The monoisotopic (exact) mass is 371 g/mol. The molecule has 26 heavy (non-hydrogen) atoms. The zero-order valence-corrected chi connectivity index (χ0v) is 15.9. The maximum absolute atomic E-state index is 13.1. The van der Waals surface area contributed by atoms with Gasteiger partial charge in [0, 0.05) is 12.3 Å². The number of rotatable bonds is 4. The molecule has 3 aromatic rings. The molecule has 0 unspecified atom stereocenters. The Bertz CT molecular complexity index is 1090. The van der Waals surface area contributed by atoms with Gasteiger partial charge in [-0.25, -0.2) is 4.68 Å². The number of fused-ring (bicyclic) bond motifs is 1. The van der Waals surface area contributed by atoms with Crippen LogP contribution in [0.1, 0.15) is 23.6 Å². The first-order valence-electron chi connectivity index (χ1n) is 8.18. The second-order valence-corrected chi connectivity index (χ2v) is 8.05. The lowest BCUT2D eigenvalue weighted by Crippen LogP contribution is -2.26. The van der Waals surface area contributed by atoms with Crippen molar-refractivity contribution in [3.8, 4) is 0 Å². The van der Waals surface area contributed by atoms with Gasteiger partial charge in [-0.15, -0.1) is 0 Å². The summed E-state index contributed by atoms with van der Waals surface area (Å²) in [6.07, 6.45) is 0. The van der Waals surface area contributed by atoms with E-state index in [1.165, 1.54) is 11.6 Å². The highest BCUT2D eigenvalue weighted by Gasteiger charge is 2.24. The summed E-state index contributed by atoms with van der Waals surface area (Å²) in [7, 11) is -3.91. The van der Waals surface area contributed by atoms with Crippen LogP contribution in [0.4, 0.5) is 5.69 Å². The highest BCUT2D eigenvalue weighted by atomic mass is 32.2. The summed E-state index contributed by atoms with van der Waals surface area (Å²) in [6, 6.07) is 12.6. The van der Waals surface area contributed by atoms with Crippen LogP contribution in [0.5, 0.6) is 0 Å². The molecule has 0 saturated heterocycles. The van der Waals surface area contributed by atoms with E-state index in [1.807, 2.05) is 39.0 Å². The van der Waals surface area contributed by atoms with E-state index in [9.17, 15) is 13.2 Å². The fraction of sp³-hybridized carbons (Fsp3) is 0.211. The Morgan fingerprint density at radius 3 is 2.23 bits per heavy atom. The van der Waals surface area contributed by atoms with Gasteiger partial charge < -0.3 is 0 Å². The van der Waals surface area contributed by atoms with E-state index in [0.717, 1.165) is 22.1 Å². The van der Waals surface area contributed by atoms with Crippen LogP contribution >= 0.6 is 0 Å². The Morgan fingerprint density at radius 1 is 1.00 bits per heavy atom. The van der Waals surface area contributed by atoms with Gasteiger partial charge in [0.2, 0.25) is 5.91 Å². The zero-order valence-electron chi connectivity index (χ0n) is 15.1. The second-order valence-electron chi connectivity index (χ2n) is 6.42. The van der Waals surface area contributed by atoms with E-state index in [2.05, 4.69) is 10.1 Å². The average Bonchev–Trinajstić information content (AvgIpc) is 2.90. The summed E-state index contributed by atoms with van der Waals surface area (Å²) in [5, 5.41) is 0.701. The van der Waals surface area contributed by atoms with Crippen molar-refractivity contribution >= 4 is 32.5 Å². The lowest BCUT2D eigenvalue weighted by molar-refractivity contribution is -0.115. The van der Waals surface area contributed by atoms with Gasteiger partial charge in [0.25, 0.3) is 10.0 Å². The number of anilines is 1. The third-order valence-corrected chi connectivity index (χ3v) is 5.46. The molecule has 2 N–H and O–H groups in total. The maximum atomic E-state index is 13.1. The molecule has 2 aromatic carbocycles. The molecule has 1 aromatic heterocycles. The number of carbonyl (C=O) groups excluding carboxylic acids is 1. The lowest BCUT2D eigenvalue weighted by Gasteiger charge is -2.16. The molecule has 0 atom stereocenters. The third kappa shape index (κ3) is 3.30. The molecule has 0 radical (unpaired) electrons. The van der Waals surface area contributed by atoms with Crippen molar-refractivity contribution in [3.05, 3.63) is 59.2 Å². The summed E-state index contributed by atoms with van der Waals surface area (Å²) in [5.74, 6) is -0.356. The Balaban J connectivity index is 2.15. The number of aromatic nitrogens is 1. The van der Waals surface area contributed by atoms with Crippen molar-refractivity contribution in [2.45, 2.75) is 32.7 Å². The third-order valence-electron chi connectivity index (χ3n) is 4.14. The number of nitrogens with one attached hydrogen (secondary N) is 2. The highest BCUT2D eigenvalue weighted by Crippen LogP contribution is 2.27. The van der Waals surface area contributed by atoms with E-state index in [-0.39, 0.29) is 10.9 Å². The number of nitrogens with zero attached hydrogens (tertiary/aromatic N) is 1. The Hall–Kier alpha value is -2.80. The fourth-order valence-electron chi connectivity index (χ4n) is 3.13. The van der Waals surface area contributed by atoms with Gasteiger partial charge in [-0.1, -0.05) is 35.9 Å². The van der Waals surface area contributed by atoms with Crippen LogP contribution in [0.2, 0.25) is 0 Å². The van der Waals surface area contributed by atoms with Gasteiger partial charge in [0.1, 0.15) is 0 Å². The molecular weight excluding hydrogens is 350 g/mol. The zero-order chi connectivity index (χ0) is 19.1. The van der Waals surface area contributed by atoms with Gasteiger partial charge >= 0.3 is 0 Å². The summed E-state index contributed by atoms with van der Waals surface area (Å²) < 4.78 is 30.1. The number of aryl methyl sites for hydroxylation is 3. The normalized spacial score (nSPS) is 11.5. The fourth-order valence-corrected chi connectivity index (χ4v) is 4.49. The standard InChI is InChI=1S/C19H21N3O3S/c1-12-9-13(2)19(14(3)10-12)21-26(24,25)18-11-16-7-5-6-8-17(16)22(18)20-15(4)23/h5-11,21H,1-4H3,(H,20,23). The molecule has 7 heteroatoms. The van der Waals surface area contributed by atoms with Gasteiger partial charge in [0.15, 0.2) is 5.03 Å². The summed E-state index contributed by atoms with van der Waals surface area (Å²) >= 11 is 0.